The van der Waals surface area contributed by atoms with Crippen molar-refractivity contribution in [1.82, 2.24) is 0 Å². The Balaban J connectivity index is 0.000000285. The minimum Gasteiger partial charge on any atom is -0.399 e. The molecule has 210 valence electrons. The van der Waals surface area contributed by atoms with Crippen LogP contribution in [-0.4, -0.2) is 38.9 Å². The topological polar surface area (TPSA) is 319 Å². The molecule has 0 unspecified atom stereocenters. The first kappa shape index (κ1) is 32.2. The zero-order chi connectivity index (χ0) is 29.8. The lowest BCUT2D eigenvalue weighted by molar-refractivity contribution is 0.480. The zero-order valence-electron chi connectivity index (χ0n) is 20.0. The summed E-state index contributed by atoms with van der Waals surface area (Å²) in [5.41, 5.74) is 34.4. The van der Waals surface area contributed by atoms with E-state index < -0.39 is 30.4 Å². The van der Waals surface area contributed by atoms with Crippen LogP contribution >= 0.6 is 0 Å². The van der Waals surface area contributed by atoms with Crippen molar-refractivity contribution in [2.45, 2.75) is 28.5 Å². The lowest BCUT2D eigenvalue weighted by Gasteiger charge is -2.06. The average Bonchev–Trinajstić information content (AvgIpc) is 2.74. The third kappa shape index (κ3) is 8.94. The third-order valence-corrected chi connectivity index (χ3v) is 7.50. The van der Waals surface area contributed by atoms with E-state index in [1.807, 2.05) is 0 Å². The molecule has 0 aliphatic carbocycles. The van der Waals surface area contributed by atoms with Gasteiger partial charge in [-0.2, -0.15) is 25.3 Å². The molecule has 0 aliphatic heterocycles. The number of hydrogen-bond acceptors (Lipinski definition) is 12. The summed E-state index contributed by atoms with van der Waals surface area (Å²) >= 11 is 0. The molecule has 3 aromatic rings. The Morgan fingerprint density at radius 3 is 1.32 bits per heavy atom. The fourth-order valence-corrected chi connectivity index (χ4v) is 4.65. The Labute approximate surface area is 219 Å². The molecule has 0 saturated carbocycles. The summed E-state index contributed by atoms with van der Waals surface area (Å²) in [4.78, 5) is -0.888. The number of hydrogen-bond donors (Lipinski definition) is 9. The summed E-state index contributed by atoms with van der Waals surface area (Å²) in [6.45, 7) is 3.16. The second-order valence-electron chi connectivity index (χ2n) is 7.68. The van der Waals surface area contributed by atoms with Gasteiger partial charge in [0.15, 0.2) is 0 Å². The molecular weight excluding hydrogens is 564 g/mol. The first-order chi connectivity index (χ1) is 17.1. The van der Waals surface area contributed by atoms with Gasteiger partial charge in [0.2, 0.25) is 0 Å². The first-order valence-electron chi connectivity index (χ1n) is 9.94. The highest BCUT2D eigenvalue weighted by Crippen LogP contribution is 2.25. The van der Waals surface area contributed by atoms with Crippen molar-refractivity contribution in [1.29, 1.82) is 0 Å². The van der Waals surface area contributed by atoms with Gasteiger partial charge in [0.1, 0.15) is 9.79 Å². The number of rotatable bonds is 3. The standard InChI is InChI=1S/2C7H10N2O3S.C6H8N2O3S/c1-4-6(8)2-5(3-7(4)9)13(10,11)12;1-4-6(9)2-5(8)3-7(4)13(10,11)12;7-4-1-2-5(8)6(3-4)12(9,10)11/h2*2-3H,8-9H2,1H3,(H,10,11,12);1-3H,7-8H2,(H,9,10,11). The Bertz CT molecular complexity index is 1650. The van der Waals surface area contributed by atoms with Gasteiger partial charge in [-0.1, -0.05) is 0 Å². The minimum atomic E-state index is -4.26. The van der Waals surface area contributed by atoms with Crippen molar-refractivity contribution in [3.63, 3.8) is 0 Å². The van der Waals surface area contributed by atoms with Crippen LogP contribution in [0.5, 0.6) is 0 Å². The van der Waals surface area contributed by atoms with Gasteiger partial charge in [0, 0.05) is 28.4 Å². The molecule has 15 nitrogen and oxygen atoms in total. The van der Waals surface area contributed by atoms with E-state index in [0.717, 1.165) is 6.07 Å². The highest BCUT2D eigenvalue weighted by Gasteiger charge is 2.16. The van der Waals surface area contributed by atoms with E-state index in [1.54, 1.807) is 6.92 Å². The largest absolute Gasteiger partial charge is 0.399 e. The quantitative estimate of drug-likeness (QED) is 0.151. The minimum absolute atomic E-state index is 0.0216. The van der Waals surface area contributed by atoms with Crippen molar-refractivity contribution in [2.24, 2.45) is 0 Å². The fourth-order valence-electron chi connectivity index (χ4n) is 2.65. The Hall–Kier alpha value is -3.81. The molecule has 0 heterocycles. The van der Waals surface area contributed by atoms with E-state index >= 15 is 0 Å². The van der Waals surface area contributed by atoms with Crippen LogP contribution in [0.1, 0.15) is 11.1 Å². The van der Waals surface area contributed by atoms with Crippen molar-refractivity contribution < 1.29 is 38.9 Å². The molecule has 38 heavy (non-hydrogen) atoms. The van der Waals surface area contributed by atoms with E-state index in [4.69, 9.17) is 48.1 Å². The van der Waals surface area contributed by atoms with Gasteiger partial charge in [0.25, 0.3) is 30.4 Å². The second kappa shape index (κ2) is 11.7. The highest BCUT2D eigenvalue weighted by molar-refractivity contribution is 7.86. The molecule has 0 saturated heterocycles. The Morgan fingerprint density at radius 2 is 0.921 bits per heavy atom. The summed E-state index contributed by atoms with van der Waals surface area (Å²) < 4.78 is 90.3. The van der Waals surface area contributed by atoms with Gasteiger partial charge in [-0.3, -0.25) is 13.7 Å². The molecule has 0 fully saturated rings. The van der Waals surface area contributed by atoms with E-state index in [-0.39, 0.29) is 48.8 Å². The van der Waals surface area contributed by atoms with Crippen molar-refractivity contribution in [3.8, 4) is 0 Å². The summed E-state index contributed by atoms with van der Waals surface area (Å²) in [7, 11) is -12.7. The van der Waals surface area contributed by atoms with Crippen molar-refractivity contribution in [2.75, 3.05) is 34.4 Å². The summed E-state index contributed by atoms with van der Waals surface area (Å²) in [6.07, 6.45) is 0. The normalized spacial score (nSPS) is 11.5. The van der Waals surface area contributed by atoms with Crippen molar-refractivity contribution in [3.05, 3.63) is 53.6 Å². The summed E-state index contributed by atoms with van der Waals surface area (Å²) in [6, 6.07) is 8.81. The second-order valence-corrected chi connectivity index (χ2v) is 11.9. The van der Waals surface area contributed by atoms with Crippen LogP contribution in [-0.2, 0) is 30.4 Å². The van der Waals surface area contributed by atoms with Gasteiger partial charge >= 0.3 is 0 Å². The molecule has 0 radical (unpaired) electrons. The predicted octanol–water partition coefficient (Wildman–Crippen LogP) is 0.910. The Kier molecular flexibility index (Phi) is 9.93. The molecule has 0 bridgehead atoms. The van der Waals surface area contributed by atoms with Crippen LogP contribution in [0, 0.1) is 13.8 Å². The number of benzene rings is 3. The average molecular weight is 593 g/mol. The maximum Gasteiger partial charge on any atom is 0.296 e. The van der Waals surface area contributed by atoms with Crippen LogP contribution in [0.4, 0.5) is 34.1 Å². The fraction of sp³-hybridized carbons (Fsp3) is 0.100. The monoisotopic (exact) mass is 592 g/mol. The van der Waals surface area contributed by atoms with Gasteiger partial charge in [0.05, 0.1) is 10.6 Å². The van der Waals surface area contributed by atoms with E-state index in [0.29, 0.717) is 11.1 Å². The first-order valence-corrected chi connectivity index (χ1v) is 14.3. The molecule has 0 spiro atoms. The predicted molar refractivity (Wildman–Crippen MR) is 145 cm³/mol. The maximum atomic E-state index is 10.8. The van der Waals surface area contributed by atoms with E-state index in [1.165, 1.54) is 43.3 Å². The number of nitrogen functional groups attached to an aromatic ring is 6. The lowest BCUT2D eigenvalue weighted by Crippen LogP contribution is -2.05. The van der Waals surface area contributed by atoms with Crippen LogP contribution in [0.25, 0.3) is 0 Å². The summed E-state index contributed by atoms with van der Waals surface area (Å²) in [5, 5.41) is 0. The molecule has 3 rings (SSSR count). The molecule has 0 aromatic heterocycles. The molecule has 0 atom stereocenters. The summed E-state index contributed by atoms with van der Waals surface area (Å²) in [5.74, 6) is 0. The molecule has 15 N–H and O–H groups in total. The lowest BCUT2D eigenvalue weighted by atomic mass is 10.2. The molecule has 0 aliphatic rings. The van der Waals surface area contributed by atoms with Gasteiger partial charge in [-0.25, -0.2) is 0 Å². The Morgan fingerprint density at radius 1 is 0.500 bits per heavy atom. The highest BCUT2D eigenvalue weighted by atomic mass is 32.2. The van der Waals surface area contributed by atoms with Crippen LogP contribution < -0.4 is 34.4 Å². The van der Waals surface area contributed by atoms with E-state index in [2.05, 4.69) is 0 Å². The molecule has 3 aromatic carbocycles. The molecular formula is C20H28N6O9S3. The number of nitrogens with two attached hydrogens (primary N) is 6. The maximum absolute atomic E-state index is 10.8. The van der Waals surface area contributed by atoms with E-state index in [9.17, 15) is 25.3 Å². The van der Waals surface area contributed by atoms with Crippen LogP contribution in [0.15, 0.2) is 57.2 Å². The zero-order valence-corrected chi connectivity index (χ0v) is 22.5. The van der Waals surface area contributed by atoms with Crippen molar-refractivity contribution >= 4 is 64.5 Å². The van der Waals surface area contributed by atoms with Crippen LogP contribution in [0.3, 0.4) is 0 Å². The van der Waals surface area contributed by atoms with Gasteiger partial charge in [-0.15, -0.1) is 0 Å². The van der Waals surface area contributed by atoms with Gasteiger partial charge in [-0.05, 0) is 67.4 Å². The number of anilines is 6. The van der Waals surface area contributed by atoms with Gasteiger partial charge < -0.3 is 34.4 Å². The third-order valence-electron chi connectivity index (χ3n) is 4.78. The molecule has 0 amide bonds. The SMILES string of the molecule is Cc1c(N)cc(N)cc1S(=O)(=O)O.Cc1c(N)cc(S(=O)(=O)O)cc1N.Nc1ccc(N)c(S(=O)(=O)O)c1. The smallest absolute Gasteiger partial charge is 0.296 e. The van der Waals surface area contributed by atoms with Crippen LogP contribution in [0.2, 0.25) is 0 Å². The molecule has 18 heteroatoms.